The maximum absolute atomic E-state index is 9.93. The summed E-state index contributed by atoms with van der Waals surface area (Å²) in [6.07, 6.45) is 0.429. The van der Waals surface area contributed by atoms with Crippen molar-refractivity contribution in [2.45, 2.75) is 12.5 Å². The van der Waals surface area contributed by atoms with Gasteiger partial charge in [0.2, 0.25) is 0 Å². The Morgan fingerprint density at radius 1 is 1.78 bits per heavy atom. The molecule has 0 unspecified atom stereocenters. The molecule has 0 rings (SSSR count). The molecule has 0 amide bonds. The third-order valence-electron chi connectivity index (χ3n) is 0.757. The number of hydrogen-bond acceptors (Lipinski definition) is 3. The first kappa shape index (κ1) is 12.2. The van der Waals surface area contributed by atoms with Gasteiger partial charge in [0.1, 0.15) is 6.04 Å². The topological polar surface area (TPSA) is 63.3 Å². The van der Waals surface area contributed by atoms with Gasteiger partial charge in [-0.2, -0.15) is 12.6 Å². The minimum absolute atomic E-state index is 0. The first-order valence-corrected chi connectivity index (χ1v) is 2.91. The van der Waals surface area contributed by atoms with E-state index in [0.717, 1.165) is 0 Å². The van der Waals surface area contributed by atoms with Crippen molar-refractivity contribution in [3.05, 3.63) is 0 Å². The first-order valence-electron chi connectivity index (χ1n) is 2.27. The molecule has 0 spiro atoms. The smallest absolute Gasteiger partial charge is 0.320 e. The number of carboxylic acids is 1. The van der Waals surface area contributed by atoms with Crippen molar-refractivity contribution in [1.29, 1.82) is 0 Å². The Morgan fingerprint density at radius 2 is 2.22 bits per heavy atom. The molecule has 0 bridgehead atoms. The van der Waals surface area contributed by atoms with E-state index in [1.807, 2.05) is 0 Å². The minimum Gasteiger partial charge on any atom is -0.480 e. The van der Waals surface area contributed by atoms with Crippen LogP contribution >= 0.6 is 12.6 Å². The fraction of sp³-hybridized carbons (Fsp3) is 0.750. The molecule has 0 aliphatic heterocycles. The maximum Gasteiger partial charge on any atom is 0.320 e. The summed E-state index contributed by atoms with van der Waals surface area (Å²) >= 11 is 3.81. The summed E-state index contributed by atoms with van der Waals surface area (Å²) in [6.45, 7) is 0. The van der Waals surface area contributed by atoms with E-state index in [1.54, 1.807) is 0 Å². The van der Waals surface area contributed by atoms with Crippen molar-refractivity contribution in [3.8, 4) is 0 Å². The molecular weight excluding hydrogens is 323 g/mol. The summed E-state index contributed by atoms with van der Waals surface area (Å²) in [7, 11) is 0. The average Bonchev–Trinajstić information content (AvgIpc) is 1.67. The molecule has 0 fully saturated rings. The zero-order valence-electron chi connectivity index (χ0n) is 4.67. The van der Waals surface area contributed by atoms with Crippen molar-refractivity contribution in [2.75, 3.05) is 5.75 Å². The molecule has 0 aromatic carbocycles. The van der Waals surface area contributed by atoms with Crippen LogP contribution in [0.3, 0.4) is 0 Å². The van der Waals surface area contributed by atoms with Crippen LogP contribution in [0, 0.1) is 0 Å². The van der Waals surface area contributed by atoms with Gasteiger partial charge in [0.15, 0.2) is 0 Å². The standard InChI is InChI=1S/C4H9NO2S.Au/c5-3(1-2-8)4(6)7;/h3,8H,1-2,5H2,(H,6,7);/t3-;/m0./s1. The van der Waals surface area contributed by atoms with Gasteiger partial charge in [0.05, 0.1) is 0 Å². The molecule has 0 aromatic rings. The van der Waals surface area contributed by atoms with Crippen LogP contribution in [0.2, 0.25) is 0 Å². The summed E-state index contributed by atoms with van der Waals surface area (Å²) in [4.78, 5) is 9.93. The second kappa shape index (κ2) is 6.64. The number of carbonyl (C=O) groups is 1. The molecule has 0 aromatic heterocycles. The molecule has 5 heteroatoms. The summed E-state index contributed by atoms with van der Waals surface area (Å²) in [5, 5.41) is 8.15. The largest absolute Gasteiger partial charge is 0.480 e. The Kier molecular flexibility index (Phi) is 9.01. The molecule has 0 aliphatic carbocycles. The zero-order valence-corrected chi connectivity index (χ0v) is 7.73. The Morgan fingerprint density at radius 3 is 2.33 bits per heavy atom. The second-order valence-electron chi connectivity index (χ2n) is 1.46. The number of aliphatic carboxylic acids is 1. The Labute approximate surface area is 74.9 Å². The molecule has 9 heavy (non-hydrogen) atoms. The molecular formula is C4H9AuNO2S. The van der Waals surface area contributed by atoms with E-state index in [2.05, 4.69) is 12.6 Å². The zero-order chi connectivity index (χ0) is 6.57. The van der Waals surface area contributed by atoms with E-state index in [1.165, 1.54) is 0 Å². The van der Waals surface area contributed by atoms with Crippen molar-refractivity contribution in [2.24, 2.45) is 5.73 Å². The predicted molar refractivity (Wildman–Crippen MR) is 34.1 cm³/mol. The molecule has 0 saturated heterocycles. The van der Waals surface area contributed by atoms with Gasteiger partial charge in [-0.25, -0.2) is 0 Å². The fourth-order valence-electron chi connectivity index (χ4n) is 0.263. The van der Waals surface area contributed by atoms with E-state index in [-0.39, 0.29) is 22.4 Å². The van der Waals surface area contributed by atoms with Crippen LogP contribution in [0.5, 0.6) is 0 Å². The Bertz CT molecular complexity index is 90.6. The molecule has 0 heterocycles. The van der Waals surface area contributed by atoms with Crippen LogP contribution in [-0.2, 0) is 27.2 Å². The first-order chi connectivity index (χ1) is 3.68. The van der Waals surface area contributed by atoms with E-state index in [0.29, 0.717) is 12.2 Å². The number of carboxylic acid groups (broad SMARTS) is 1. The van der Waals surface area contributed by atoms with Crippen molar-refractivity contribution in [3.63, 3.8) is 0 Å². The van der Waals surface area contributed by atoms with Crippen LogP contribution in [-0.4, -0.2) is 22.9 Å². The van der Waals surface area contributed by atoms with Gasteiger partial charge in [-0.15, -0.1) is 0 Å². The summed E-state index contributed by atoms with van der Waals surface area (Å²) < 4.78 is 0. The molecule has 1 atom stereocenters. The van der Waals surface area contributed by atoms with Gasteiger partial charge in [-0.05, 0) is 12.2 Å². The third-order valence-corrected chi connectivity index (χ3v) is 1.02. The minimum atomic E-state index is -0.959. The third kappa shape index (κ3) is 6.40. The predicted octanol–water partition coefficient (Wildman–Crippen LogP) is -0.284. The molecule has 0 aliphatic rings. The number of rotatable bonds is 3. The number of thiol groups is 1. The van der Waals surface area contributed by atoms with Crippen molar-refractivity contribution < 1.29 is 32.3 Å². The average molecular weight is 332 g/mol. The van der Waals surface area contributed by atoms with Crippen LogP contribution in [0.25, 0.3) is 0 Å². The van der Waals surface area contributed by atoms with Crippen LogP contribution in [0.15, 0.2) is 0 Å². The van der Waals surface area contributed by atoms with Crippen LogP contribution < -0.4 is 5.73 Å². The number of nitrogens with two attached hydrogens (primary N) is 1. The molecule has 1 radical (unpaired) electrons. The molecule has 0 saturated carbocycles. The van der Waals surface area contributed by atoms with Gasteiger partial charge in [-0.1, -0.05) is 0 Å². The van der Waals surface area contributed by atoms with Gasteiger partial charge < -0.3 is 10.8 Å². The molecule has 3 nitrogen and oxygen atoms in total. The van der Waals surface area contributed by atoms with Crippen molar-refractivity contribution >= 4 is 18.6 Å². The van der Waals surface area contributed by atoms with Gasteiger partial charge >= 0.3 is 5.97 Å². The van der Waals surface area contributed by atoms with E-state index < -0.39 is 12.0 Å². The molecule has 59 valence electrons. The van der Waals surface area contributed by atoms with E-state index in [9.17, 15) is 4.79 Å². The SMILES string of the molecule is N[C@@H](CCS)C(=O)O.[Au]. The Hall–Kier alpha value is 0.520. The number of hydrogen-bond donors (Lipinski definition) is 3. The quantitative estimate of drug-likeness (QED) is 0.492. The van der Waals surface area contributed by atoms with Crippen LogP contribution in [0.1, 0.15) is 6.42 Å². The summed E-state index contributed by atoms with van der Waals surface area (Å²) in [5.41, 5.74) is 5.08. The Balaban J connectivity index is 0. The van der Waals surface area contributed by atoms with Gasteiger partial charge in [0, 0.05) is 22.4 Å². The monoisotopic (exact) mass is 332 g/mol. The van der Waals surface area contributed by atoms with Crippen LogP contribution in [0.4, 0.5) is 0 Å². The van der Waals surface area contributed by atoms with E-state index >= 15 is 0 Å². The van der Waals surface area contributed by atoms with E-state index in [4.69, 9.17) is 10.8 Å². The van der Waals surface area contributed by atoms with Crippen molar-refractivity contribution in [1.82, 2.24) is 0 Å². The summed E-state index contributed by atoms with van der Waals surface area (Å²) in [6, 6.07) is -0.743. The summed E-state index contributed by atoms with van der Waals surface area (Å²) in [5.74, 6) is -0.438. The van der Waals surface area contributed by atoms with Gasteiger partial charge in [-0.3, -0.25) is 4.79 Å². The maximum atomic E-state index is 9.93. The fourth-order valence-corrected chi connectivity index (χ4v) is 0.541. The van der Waals surface area contributed by atoms with Gasteiger partial charge in [0.25, 0.3) is 0 Å². The molecule has 3 N–H and O–H groups in total. The normalized spacial score (nSPS) is 11.8. The second-order valence-corrected chi connectivity index (χ2v) is 1.90.